The van der Waals surface area contributed by atoms with Gasteiger partial charge in [-0.15, -0.1) is 0 Å². The summed E-state index contributed by atoms with van der Waals surface area (Å²) >= 11 is 0. The van der Waals surface area contributed by atoms with Crippen LogP contribution in [0.3, 0.4) is 0 Å². The van der Waals surface area contributed by atoms with E-state index in [2.05, 4.69) is 15.3 Å². The summed E-state index contributed by atoms with van der Waals surface area (Å²) in [6.45, 7) is 1.61. The quantitative estimate of drug-likeness (QED) is 0.654. The predicted molar refractivity (Wildman–Crippen MR) is 111 cm³/mol. The Hall–Kier alpha value is -3.68. The maximum atomic E-state index is 14.4. The molecule has 0 unspecified atom stereocenters. The lowest BCUT2D eigenvalue weighted by Crippen LogP contribution is -2.57. The highest BCUT2D eigenvalue weighted by Gasteiger charge is 2.66. The van der Waals surface area contributed by atoms with E-state index in [1.54, 1.807) is 79.7 Å². The number of rotatable bonds is 5. The van der Waals surface area contributed by atoms with Gasteiger partial charge in [0.05, 0.1) is 6.54 Å². The summed E-state index contributed by atoms with van der Waals surface area (Å²) in [4.78, 5) is 22.5. The third kappa shape index (κ3) is 3.88. The van der Waals surface area contributed by atoms with Gasteiger partial charge in [0, 0.05) is 11.3 Å². The lowest BCUT2D eigenvalue weighted by Gasteiger charge is -2.29. The largest absolute Gasteiger partial charge is 0.442 e. The molecule has 0 aliphatic carbocycles. The summed E-state index contributed by atoms with van der Waals surface area (Å²) in [6, 6.07) is 21.8. The Morgan fingerprint density at radius 3 is 2.19 bits per heavy atom. The molecule has 1 aromatic heterocycles. The van der Waals surface area contributed by atoms with Crippen molar-refractivity contribution in [3.8, 4) is 0 Å². The maximum Gasteiger partial charge on any atom is 0.442 e. The number of alkyl halides is 3. The zero-order valence-electron chi connectivity index (χ0n) is 16.6. The van der Waals surface area contributed by atoms with E-state index in [1.807, 2.05) is 0 Å². The topological polar surface area (TPSA) is 57.6 Å². The van der Waals surface area contributed by atoms with Gasteiger partial charge in [-0.05, 0) is 24.6 Å². The number of carbonyl (C=O) groups excluding carboxylic acids is 1. The number of amidine groups is 1. The number of aryl methyl sites for hydroxylation is 1. The third-order valence-electron chi connectivity index (χ3n) is 4.91. The van der Waals surface area contributed by atoms with Gasteiger partial charge in [0.15, 0.2) is 0 Å². The zero-order valence-corrected chi connectivity index (χ0v) is 16.6. The highest BCUT2D eigenvalue weighted by molar-refractivity contribution is 6.16. The van der Waals surface area contributed by atoms with Gasteiger partial charge < -0.3 is 5.32 Å². The summed E-state index contributed by atoms with van der Waals surface area (Å²) in [5.74, 6) is -1.33. The molecule has 1 atom stereocenters. The molecule has 1 aliphatic heterocycles. The van der Waals surface area contributed by atoms with Crippen molar-refractivity contribution in [3.05, 3.63) is 95.7 Å². The van der Waals surface area contributed by atoms with E-state index in [1.165, 1.54) is 6.07 Å². The Labute approximate surface area is 177 Å². The fourth-order valence-corrected chi connectivity index (χ4v) is 3.41. The normalized spacial score (nSPS) is 18.8. The molecule has 8 heteroatoms. The molecule has 2 aromatic carbocycles. The smallest absolute Gasteiger partial charge is 0.331 e. The molecule has 0 saturated carbocycles. The molecule has 5 nitrogen and oxygen atoms in total. The SMILES string of the molecule is Cc1cccc(N[C@]2(C(F)(F)F)N=C(c3ccccc3)N(Cc3ccccc3)C2=O)n1. The molecule has 4 rings (SSSR count). The number of aliphatic imine (C=N–C) groups is 1. The third-order valence-corrected chi connectivity index (χ3v) is 4.91. The Morgan fingerprint density at radius 2 is 1.58 bits per heavy atom. The Kier molecular flexibility index (Phi) is 5.22. The minimum Gasteiger partial charge on any atom is -0.331 e. The first-order valence-corrected chi connectivity index (χ1v) is 9.60. The molecule has 3 aromatic rings. The molecule has 31 heavy (non-hydrogen) atoms. The van der Waals surface area contributed by atoms with Gasteiger partial charge in [-0.25, -0.2) is 9.98 Å². The van der Waals surface area contributed by atoms with Crippen LogP contribution >= 0.6 is 0 Å². The number of carbonyl (C=O) groups is 1. The van der Waals surface area contributed by atoms with Crippen molar-refractivity contribution in [2.75, 3.05) is 5.32 Å². The molecule has 1 aliphatic rings. The van der Waals surface area contributed by atoms with E-state index in [-0.39, 0.29) is 18.2 Å². The summed E-state index contributed by atoms with van der Waals surface area (Å²) in [7, 11) is 0. The summed E-state index contributed by atoms with van der Waals surface area (Å²) in [5.41, 5.74) is -1.56. The van der Waals surface area contributed by atoms with Gasteiger partial charge in [0.2, 0.25) is 0 Å². The summed E-state index contributed by atoms with van der Waals surface area (Å²) in [5, 5.41) is 2.29. The Balaban J connectivity index is 1.84. The maximum absolute atomic E-state index is 14.4. The van der Waals surface area contributed by atoms with Crippen molar-refractivity contribution in [2.45, 2.75) is 25.3 Å². The van der Waals surface area contributed by atoms with Crippen molar-refractivity contribution < 1.29 is 18.0 Å². The van der Waals surface area contributed by atoms with Gasteiger partial charge in [0.25, 0.3) is 5.91 Å². The number of hydrogen-bond acceptors (Lipinski definition) is 4. The number of pyridine rings is 1. The van der Waals surface area contributed by atoms with E-state index < -0.39 is 17.7 Å². The molecule has 1 amide bonds. The second kappa shape index (κ2) is 7.86. The molecule has 0 fully saturated rings. The summed E-state index contributed by atoms with van der Waals surface area (Å²) < 4.78 is 43.2. The first-order chi connectivity index (χ1) is 14.8. The highest BCUT2D eigenvalue weighted by atomic mass is 19.4. The number of anilines is 1. The molecule has 1 N–H and O–H groups in total. The molecule has 2 heterocycles. The van der Waals surface area contributed by atoms with Gasteiger partial charge >= 0.3 is 11.8 Å². The van der Waals surface area contributed by atoms with Gasteiger partial charge in [-0.2, -0.15) is 13.2 Å². The summed E-state index contributed by atoms with van der Waals surface area (Å²) in [6.07, 6.45) is -5.00. The van der Waals surface area contributed by atoms with E-state index in [9.17, 15) is 18.0 Å². The molecule has 0 bridgehead atoms. The molecular formula is C23H19F3N4O. The zero-order chi connectivity index (χ0) is 22.1. The fraction of sp³-hybridized carbons (Fsp3) is 0.174. The fourth-order valence-electron chi connectivity index (χ4n) is 3.41. The van der Waals surface area contributed by atoms with Crippen LogP contribution < -0.4 is 5.32 Å². The van der Waals surface area contributed by atoms with Crippen LogP contribution in [0.2, 0.25) is 0 Å². The second-order valence-corrected chi connectivity index (χ2v) is 7.18. The monoisotopic (exact) mass is 424 g/mol. The van der Waals surface area contributed by atoms with E-state index in [0.717, 1.165) is 4.90 Å². The molecule has 158 valence electrons. The van der Waals surface area contributed by atoms with Gasteiger partial charge in [0.1, 0.15) is 11.7 Å². The highest BCUT2D eigenvalue weighted by Crippen LogP contribution is 2.41. The van der Waals surface area contributed by atoms with E-state index in [4.69, 9.17) is 0 Å². The second-order valence-electron chi connectivity index (χ2n) is 7.18. The number of benzene rings is 2. The predicted octanol–water partition coefficient (Wildman–Crippen LogP) is 4.55. The van der Waals surface area contributed by atoms with E-state index in [0.29, 0.717) is 16.8 Å². The molecule has 0 spiro atoms. The number of halogens is 3. The van der Waals surface area contributed by atoms with Crippen LogP contribution in [-0.2, 0) is 11.3 Å². The van der Waals surface area contributed by atoms with Crippen molar-refractivity contribution in [3.63, 3.8) is 0 Å². The lowest BCUT2D eigenvalue weighted by molar-refractivity contribution is -0.185. The van der Waals surface area contributed by atoms with Gasteiger partial charge in [-0.1, -0.05) is 66.7 Å². The van der Waals surface area contributed by atoms with Crippen molar-refractivity contribution in [1.82, 2.24) is 9.88 Å². The molecular weight excluding hydrogens is 405 g/mol. The number of hydrogen-bond donors (Lipinski definition) is 1. The van der Waals surface area contributed by atoms with Crippen LogP contribution in [0.1, 0.15) is 16.8 Å². The van der Waals surface area contributed by atoms with E-state index >= 15 is 0 Å². The van der Waals surface area contributed by atoms with Crippen LogP contribution in [0.25, 0.3) is 0 Å². The lowest BCUT2D eigenvalue weighted by atomic mass is 10.1. The van der Waals surface area contributed by atoms with Crippen molar-refractivity contribution in [1.29, 1.82) is 0 Å². The van der Waals surface area contributed by atoms with Gasteiger partial charge in [-0.3, -0.25) is 9.69 Å². The first-order valence-electron chi connectivity index (χ1n) is 9.60. The average Bonchev–Trinajstić information content (AvgIpc) is 3.02. The van der Waals surface area contributed by atoms with Crippen LogP contribution in [0.5, 0.6) is 0 Å². The average molecular weight is 424 g/mol. The number of amides is 1. The molecule has 0 saturated heterocycles. The van der Waals surface area contributed by atoms with Crippen LogP contribution in [0, 0.1) is 6.92 Å². The van der Waals surface area contributed by atoms with Crippen LogP contribution in [-0.4, -0.2) is 33.5 Å². The standard InChI is InChI=1S/C23H19F3N4O/c1-16-9-8-14-19(27-16)28-22(23(24,25)26)21(31)30(15-17-10-4-2-5-11-17)20(29-22)18-12-6-3-7-13-18/h2-14H,15H2,1H3,(H,27,28)/t22-/m0/s1. The van der Waals surface area contributed by atoms with Crippen molar-refractivity contribution >= 4 is 17.6 Å². The number of aromatic nitrogens is 1. The van der Waals surface area contributed by atoms with Crippen LogP contribution in [0.15, 0.2) is 83.9 Å². The van der Waals surface area contributed by atoms with Crippen molar-refractivity contribution in [2.24, 2.45) is 4.99 Å². The number of nitrogens with zero attached hydrogens (tertiary/aromatic N) is 3. The minimum atomic E-state index is -5.00. The first kappa shape index (κ1) is 20.6. The Bertz CT molecular complexity index is 1120. The minimum absolute atomic E-state index is 0.0475. The van der Waals surface area contributed by atoms with Crippen LogP contribution in [0.4, 0.5) is 19.0 Å². The Morgan fingerprint density at radius 1 is 0.935 bits per heavy atom. The molecule has 0 radical (unpaired) electrons. The number of nitrogens with one attached hydrogen (secondary N) is 1.